The average molecular weight is 253 g/mol. The van der Waals surface area contributed by atoms with Gasteiger partial charge in [0.15, 0.2) is 0 Å². The number of azo groups is 1. The van der Waals surface area contributed by atoms with Gasteiger partial charge in [-0.05, 0) is 48.4 Å². The Labute approximate surface area is 114 Å². The molecule has 0 amide bonds. The zero-order valence-electron chi connectivity index (χ0n) is 11.7. The van der Waals surface area contributed by atoms with Gasteiger partial charge in [-0.3, -0.25) is 0 Å². The van der Waals surface area contributed by atoms with Crippen molar-refractivity contribution >= 4 is 17.1 Å². The molecule has 0 aliphatic rings. The van der Waals surface area contributed by atoms with Gasteiger partial charge in [-0.15, -0.1) is 0 Å². The highest BCUT2D eigenvalue weighted by Gasteiger charge is 1.95. The molecule has 0 aliphatic heterocycles. The zero-order valence-corrected chi connectivity index (χ0v) is 11.7. The van der Waals surface area contributed by atoms with Gasteiger partial charge in [-0.2, -0.15) is 10.2 Å². The second-order valence-corrected chi connectivity index (χ2v) is 4.63. The van der Waals surface area contributed by atoms with Crippen LogP contribution in [0.2, 0.25) is 0 Å². The van der Waals surface area contributed by atoms with Crippen LogP contribution in [0.15, 0.2) is 58.8 Å². The van der Waals surface area contributed by atoms with Gasteiger partial charge < -0.3 is 4.90 Å². The first kappa shape index (κ1) is 13.3. The lowest BCUT2D eigenvalue weighted by atomic mass is 10.2. The third-order valence-electron chi connectivity index (χ3n) is 2.99. The van der Waals surface area contributed by atoms with Gasteiger partial charge in [0.2, 0.25) is 0 Å². The van der Waals surface area contributed by atoms with Crippen molar-refractivity contribution in [2.24, 2.45) is 10.2 Å². The van der Waals surface area contributed by atoms with Crippen LogP contribution in [0.4, 0.5) is 17.1 Å². The van der Waals surface area contributed by atoms with Crippen LogP contribution >= 0.6 is 0 Å². The molecule has 0 saturated carbocycles. The number of benzene rings is 2. The lowest BCUT2D eigenvalue weighted by Gasteiger charge is -2.11. The van der Waals surface area contributed by atoms with Crippen LogP contribution in [-0.2, 0) is 6.42 Å². The summed E-state index contributed by atoms with van der Waals surface area (Å²) in [6.07, 6.45) is 1.05. The van der Waals surface area contributed by atoms with Gasteiger partial charge in [0.25, 0.3) is 0 Å². The Kier molecular flexibility index (Phi) is 4.29. The van der Waals surface area contributed by atoms with Gasteiger partial charge >= 0.3 is 0 Å². The summed E-state index contributed by atoms with van der Waals surface area (Å²) in [7, 11) is 4.04. The third-order valence-corrected chi connectivity index (χ3v) is 2.99. The lowest BCUT2D eigenvalue weighted by Crippen LogP contribution is -2.07. The second-order valence-electron chi connectivity index (χ2n) is 4.63. The minimum Gasteiger partial charge on any atom is -0.378 e. The van der Waals surface area contributed by atoms with Crippen LogP contribution in [0, 0.1) is 0 Å². The molecule has 0 N–H and O–H groups in total. The van der Waals surface area contributed by atoms with Gasteiger partial charge in [0.05, 0.1) is 11.4 Å². The fourth-order valence-corrected chi connectivity index (χ4v) is 1.73. The standard InChI is InChI=1S/C16H19N3/c1-4-13-5-7-14(8-6-13)17-18-15-9-11-16(12-10-15)19(2)3/h5-12H,4H2,1-3H3. The molecule has 0 spiro atoms. The number of anilines is 1. The van der Waals surface area contributed by atoms with E-state index >= 15 is 0 Å². The summed E-state index contributed by atoms with van der Waals surface area (Å²) in [6.45, 7) is 2.14. The van der Waals surface area contributed by atoms with Crippen LogP contribution in [0.1, 0.15) is 12.5 Å². The van der Waals surface area contributed by atoms with E-state index in [1.807, 2.05) is 50.5 Å². The van der Waals surface area contributed by atoms with E-state index in [1.54, 1.807) is 0 Å². The molecular weight excluding hydrogens is 234 g/mol. The molecule has 0 unspecified atom stereocenters. The largest absolute Gasteiger partial charge is 0.378 e. The fraction of sp³-hybridized carbons (Fsp3) is 0.250. The first-order valence-electron chi connectivity index (χ1n) is 6.47. The summed E-state index contributed by atoms with van der Waals surface area (Å²) < 4.78 is 0. The molecule has 0 aliphatic carbocycles. The van der Waals surface area contributed by atoms with Gasteiger partial charge in [0.1, 0.15) is 0 Å². The third kappa shape index (κ3) is 3.65. The molecule has 2 aromatic rings. The Morgan fingerprint density at radius 1 is 0.789 bits per heavy atom. The normalized spacial score (nSPS) is 10.9. The highest BCUT2D eigenvalue weighted by atomic mass is 15.1. The maximum atomic E-state index is 4.24. The summed E-state index contributed by atoms with van der Waals surface area (Å²) in [6, 6.07) is 16.2. The first-order chi connectivity index (χ1) is 9.19. The van der Waals surface area contributed by atoms with Crippen LogP contribution in [0.5, 0.6) is 0 Å². The number of rotatable bonds is 4. The van der Waals surface area contributed by atoms with Crippen molar-refractivity contribution in [3.8, 4) is 0 Å². The molecule has 0 bridgehead atoms. The highest BCUT2D eigenvalue weighted by molar-refractivity contribution is 5.52. The van der Waals surface area contributed by atoms with E-state index in [-0.39, 0.29) is 0 Å². The van der Waals surface area contributed by atoms with Crippen LogP contribution < -0.4 is 4.90 Å². The van der Waals surface area contributed by atoms with E-state index in [2.05, 4.69) is 34.2 Å². The number of hydrogen-bond donors (Lipinski definition) is 0. The van der Waals surface area contributed by atoms with Gasteiger partial charge in [0, 0.05) is 19.8 Å². The maximum Gasteiger partial charge on any atom is 0.0858 e. The van der Waals surface area contributed by atoms with E-state index in [1.165, 1.54) is 5.56 Å². The Morgan fingerprint density at radius 3 is 1.68 bits per heavy atom. The quantitative estimate of drug-likeness (QED) is 0.724. The number of aryl methyl sites for hydroxylation is 1. The Morgan fingerprint density at radius 2 is 1.26 bits per heavy atom. The summed E-state index contributed by atoms with van der Waals surface area (Å²) in [5.41, 5.74) is 4.22. The van der Waals surface area contributed by atoms with E-state index in [0.29, 0.717) is 0 Å². The first-order valence-corrected chi connectivity index (χ1v) is 6.47. The molecule has 2 aromatic carbocycles. The summed E-state index contributed by atoms with van der Waals surface area (Å²) >= 11 is 0. The monoisotopic (exact) mass is 253 g/mol. The number of hydrogen-bond acceptors (Lipinski definition) is 3. The molecule has 3 heteroatoms. The van der Waals surface area contributed by atoms with Crippen molar-refractivity contribution in [2.45, 2.75) is 13.3 Å². The Hall–Kier alpha value is -2.16. The molecule has 0 heterocycles. The minimum atomic E-state index is 0.866. The summed E-state index contributed by atoms with van der Waals surface area (Å²) in [5, 5.41) is 8.48. The van der Waals surface area contributed by atoms with E-state index in [0.717, 1.165) is 23.5 Å². The summed E-state index contributed by atoms with van der Waals surface area (Å²) in [5.74, 6) is 0. The smallest absolute Gasteiger partial charge is 0.0858 e. The molecule has 0 atom stereocenters. The predicted octanol–water partition coefficient (Wildman–Crippen LogP) is 4.73. The Bertz CT molecular complexity index is 539. The highest BCUT2D eigenvalue weighted by Crippen LogP contribution is 2.21. The van der Waals surface area contributed by atoms with E-state index in [9.17, 15) is 0 Å². The van der Waals surface area contributed by atoms with Crippen LogP contribution in [0.3, 0.4) is 0 Å². The molecule has 98 valence electrons. The summed E-state index contributed by atoms with van der Waals surface area (Å²) in [4.78, 5) is 2.06. The molecular formula is C16H19N3. The SMILES string of the molecule is CCc1ccc(N=Nc2ccc(N(C)C)cc2)cc1. The van der Waals surface area contributed by atoms with Gasteiger partial charge in [-0.1, -0.05) is 19.1 Å². The molecule has 3 nitrogen and oxygen atoms in total. The predicted molar refractivity (Wildman–Crippen MR) is 80.8 cm³/mol. The van der Waals surface area contributed by atoms with Crippen molar-refractivity contribution < 1.29 is 0 Å². The van der Waals surface area contributed by atoms with Crippen molar-refractivity contribution in [1.82, 2.24) is 0 Å². The van der Waals surface area contributed by atoms with Crippen LogP contribution in [-0.4, -0.2) is 14.1 Å². The molecule has 0 aromatic heterocycles. The average Bonchev–Trinajstić information content (AvgIpc) is 2.46. The molecule has 0 fully saturated rings. The van der Waals surface area contributed by atoms with Crippen LogP contribution in [0.25, 0.3) is 0 Å². The second kappa shape index (κ2) is 6.14. The van der Waals surface area contributed by atoms with Crippen molar-refractivity contribution in [1.29, 1.82) is 0 Å². The molecule has 19 heavy (non-hydrogen) atoms. The topological polar surface area (TPSA) is 28.0 Å². The van der Waals surface area contributed by atoms with E-state index in [4.69, 9.17) is 0 Å². The minimum absolute atomic E-state index is 0.866. The molecule has 0 saturated heterocycles. The lowest BCUT2D eigenvalue weighted by molar-refractivity contribution is 1.13. The number of nitrogens with zero attached hydrogens (tertiary/aromatic N) is 3. The molecule has 2 rings (SSSR count). The van der Waals surface area contributed by atoms with Crippen molar-refractivity contribution in [2.75, 3.05) is 19.0 Å². The van der Waals surface area contributed by atoms with E-state index < -0.39 is 0 Å². The molecule has 0 radical (unpaired) electrons. The van der Waals surface area contributed by atoms with Gasteiger partial charge in [-0.25, -0.2) is 0 Å². The Balaban J connectivity index is 2.08. The van der Waals surface area contributed by atoms with Crippen molar-refractivity contribution in [3.05, 3.63) is 54.1 Å². The van der Waals surface area contributed by atoms with Crippen molar-refractivity contribution in [3.63, 3.8) is 0 Å². The fourth-order valence-electron chi connectivity index (χ4n) is 1.73. The zero-order chi connectivity index (χ0) is 13.7. The maximum absolute atomic E-state index is 4.24.